The van der Waals surface area contributed by atoms with Crippen molar-refractivity contribution in [2.24, 2.45) is 5.92 Å². The number of hydrogen-bond donors (Lipinski definition) is 1. The minimum absolute atomic E-state index is 0.0528. The van der Waals surface area contributed by atoms with Crippen LogP contribution in [0.25, 0.3) is 0 Å². The number of hydrogen-bond acceptors (Lipinski definition) is 3. The van der Waals surface area contributed by atoms with Crippen LogP contribution >= 0.6 is 22.9 Å². The number of anilines is 1. The van der Waals surface area contributed by atoms with Crippen molar-refractivity contribution in [3.05, 3.63) is 45.4 Å². The summed E-state index contributed by atoms with van der Waals surface area (Å²) in [5.74, 6) is 0.0169. The number of amides is 1. The number of carbonyl (C=O) groups is 1. The molecule has 1 N–H and O–H groups in total. The van der Waals surface area contributed by atoms with Crippen molar-refractivity contribution in [1.29, 1.82) is 0 Å². The van der Waals surface area contributed by atoms with Gasteiger partial charge in [-0.2, -0.15) is 13.2 Å². The first-order chi connectivity index (χ1) is 10.8. The van der Waals surface area contributed by atoms with E-state index in [0.717, 1.165) is 29.9 Å². The molecule has 1 amide bonds. The van der Waals surface area contributed by atoms with Crippen LogP contribution in [0.5, 0.6) is 0 Å². The molecule has 0 spiro atoms. The first-order valence-electron chi connectivity index (χ1n) is 6.94. The van der Waals surface area contributed by atoms with E-state index in [1.807, 2.05) is 0 Å². The maximum Gasteiger partial charge on any atom is 0.416 e. The Balaban J connectivity index is 1.74. The van der Waals surface area contributed by atoms with Crippen molar-refractivity contribution >= 4 is 34.0 Å². The average Bonchev–Trinajstić information content (AvgIpc) is 3.23. The molecule has 0 aliphatic heterocycles. The molecule has 0 radical (unpaired) electrons. The van der Waals surface area contributed by atoms with Crippen molar-refractivity contribution in [2.45, 2.75) is 25.4 Å². The number of halogens is 4. The van der Waals surface area contributed by atoms with Gasteiger partial charge in [-0.3, -0.25) is 4.79 Å². The molecular weight excluding hydrogens is 349 g/mol. The van der Waals surface area contributed by atoms with Crippen LogP contribution in [0.2, 0.25) is 5.02 Å². The number of rotatable bonds is 4. The summed E-state index contributed by atoms with van der Waals surface area (Å²) >= 11 is 7.22. The molecule has 1 aliphatic rings. The van der Waals surface area contributed by atoms with Crippen molar-refractivity contribution in [2.75, 3.05) is 5.32 Å². The van der Waals surface area contributed by atoms with Crippen LogP contribution < -0.4 is 5.32 Å². The van der Waals surface area contributed by atoms with E-state index in [9.17, 15) is 18.0 Å². The molecule has 0 saturated heterocycles. The molecule has 1 heterocycles. The Morgan fingerprint density at radius 2 is 2.13 bits per heavy atom. The summed E-state index contributed by atoms with van der Waals surface area (Å²) in [6.45, 7) is 0. The van der Waals surface area contributed by atoms with Gasteiger partial charge in [0.1, 0.15) is 0 Å². The monoisotopic (exact) mass is 360 g/mol. The van der Waals surface area contributed by atoms with Gasteiger partial charge in [0.2, 0.25) is 5.91 Å². The molecule has 0 unspecified atom stereocenters. The Labute approximate surface area is 139 Å². The van der Waals surface area contributed by atoms with Crippen LogP contribution in [0.4, 0.5) is 18.3 Å². The van der Waals surface area contributed by atoms with E-state index in [2.05, 4.69) is 10.3 Å². The average molecular weight is 361 g/mol. The molecule has 23 heavy (non-hydrogen) atoms. The number of carbonyl (C=O) groups excluding carboxylic acids is 1. The zero-order valence-electron chi connectivity index (χ0n) is 11.8. The molecule has 3 nitrogen and oxygen atoms in total. The summed E-state index contributed by atoms with van der Waals surface area (Å²) in [5.41, 5.74) is -0.353. The maximum absolute atomic E-state index is 12.8. The van der Waals surface area contributed by atoms with Gasteiger partial charge in [0.05, 0.1) is 5.56 Å². The fraction of sp³-hybridized carbons (Fsp3) is 0.333. The predicted octanol–water partition coefficient (Wildman–Crippen LogP) is 4.75. The zero-order valence-corrected chi connectivity index (χ0v) is 13.4. The minimum atomic E-state index is -4.41. The van der Waals surface area contributed by atoms with Gasteiger partial charge in [0, 0.05) is 28.4 Å². The van der Waals surface area contributed by atoms with Crippen LogP contribution in [-0.2, 0) is 17.4 Å². The van der Waals surface area contributed by atoms with Crippen LogP contribution in [-0.4, -0.2) is 10.9 Å². The molecule has 1 aromatic heterocycles. The lowest BCUT2D eigenvalue weighted by atomic mass is 10.1. The summed E-state index contributed by atoms with van der Waals surface area (Å²) in [6, 6.07) is 3.25. The Bertz CT molecular complexity index is 741. The molecule has 3 rings (SSSR count). The molecule has 1 aliphatic carbocycles. The SMILES string of the molecule is O=C(Nc1ncc(Cc2cc(C(F)(F)F)ccc2Cl)s1)C1CC1. The molecule has 0 bridgehead atoms. The lowest BCUT2D eigenvalue weighted by Crippen LogP contribution is -2.12. The first kappa shape index (κ1) is 16.3. The van der Waals surface area contributed by atoms with Gasteiger partial charge in [0.25, 0.3) is 0 Å². The van der Waals surface area contributed by atoms with Gasteiger partial charge < -0.3 is 5.32 Å². The Hall–Kier alpha value is -1.60. The molecule has 8 heteroatoms. The summed E-state index contributed by atoms with van der Waals surface area (Å²) in [5, 5.41) is 3.45. The summed E-state index contributed by atoms with van der Waals surface area (Å²) in [6.07, 6.45) is -0.840. The molecular formula is C15H12ClF3N2OS. The van der Waals surface area contributed by atoms with Crippen molar-refractivity contribution < 1.29 is 18.0 Å². The van der Waals surface area contributed by atoms with E-state index >= 15 is 0 Å². The first-order valence-corrected chi connectivity index (χ1v) is 8.13. The van der Waals surface area contributed by atoms with E-state index in [-0.39, 0.29) is 23.3 Å². The van der Waals surface area contributed by atoms with Crippen LogP contribution in [0, 0.1) is 5.92 Å². The van der Waals surface area contributed by atoms with Gasteiger partial charge in [-0.15, -0.1) is 11.3 Å². The second-order valence-electron chi connectivity index (χ2n) is 5.38. The van der Waals surface area contributed by atoms with E-state index in [1.165, 1.54) is 17.4 Å². The van der Waals surface area contributed by atoms with Gasteiger partial charge in [0.15, 0.2) is 5.13 Å². The highest BCUT2D eigenvalue weighted by Crippen LogP contribution is 2.34. The second-order valence-corrected chi connectivity index (χ2v) is 6.90. The van der Waals surface area contributed by atoms with Crippen LogP contribution in [0.15, 0.2) is 24.4 Å². The van der Waals surface area contributed by atoms with Crippen molar-refractivity contribution in [3.8, 4) is 0 Å². The Morgan fingerprint density at radius 1 is 1.39 bits per heavy atom. The number of benzene rings is 1. The van der Waals surface area contributed by atoms with Crippen molar-refractivity contribution in [3.63, 3.8) is 0 Å². The van der Waals surface area contributed by atoms with E-state index in [1.54, 1.807) is 6.20 Å². The Kier molecular flexibility index (Phi) is 4.33. The lowest BCUT2D eigenvalue weighted by molar-refractivity contribution is -0.137. The summed E-state index contributed by atoms with van der Waals surface area (Å²) in [7, 11) is 0. The standard InChI is InChI=1S/C15H12ClF3N2OS/c16-12-4-3-10(15(17,18)19)5-9(12)6-11-7-20-14(23-11)21-13(22)8-1-2-8/h3-5,7-8H,1-2,6H2,(H,20,21,22). The van der Waals surface area contributed by atoms with Gasteiger partial charge in [-0.25, -0.2) is 4.98 Å². The normalized spacial score (nSPS) is 14.8. The molecule has 2 aromatic rings. The van der Waals surface area contributed by atoms with E-state index in [0.29, 0.717) is 10.7 Å². The van der Waals surface area contributed by atoms with Crippen LogP contribution in [0.3, 0.4) is 0 Å². The highest BCUT2D eigenvalue weighted by atomic mass is 35.5. The number of nitrogens with zero attached hydrogens (tertiary/aromatic N) is 1. The fourth-order valence-electron chi connectivity index (χ4n) is 2.07. The Morgan fingerprint density at radius 3 is 2.78 bits per heavy atom. The quantitative estimate of drug-likeness (QED) is 0.854. The zero-order chi connectivity index (χ0) is 16.6. The highest BCUT2D eigenvalue weighted by Gasteiger charge is 2.31. The number of alkyl halides is 3. The van der Waals surface area contributed by atoms with E-state index in [4.69, 9.17) is 11.6 Å². The smallest absolute Gasteiger partial charge is 0.302 e. The van der Waals surface area contributed by atoms with Gasteiger partial charge >= 0.3 is 6.18 Å². The molecule has 1 saturated carbocycles. The van der Waals surface area contributed by atoms with Crippen molar-refractivity contribution in [1.82, 2.24) is 4.98 Å². The third kappa shape index (κ3) is 4.03. The van der Waals surface area contributed by atoms with Crippen LogP contribution in [0.1, 0.15) is 28.8 Å². The lowest BCUT2D eigenvalue weighted by Gasteiger charge is -2.09. The molecule has 1 aromatic carbocycles. The van der Waals surface area contributed by atoms with Gasteiger partial charge in [-0.1, -0.05) is 11.6 Å². The van der Waals surface area contributed by atoms with E-state index < -0.39 is 11.7 Å². The third-order valence-corrected chi connectivity index (χ3v) is 4.75. The number of nitrogens with one attached hydrogen (secondary N) is 1. The number of aromatic nitrogens is 1. The summed E-state index contributed by atoms with van der Waals surface area (Å²) < 4.78 is 38.3. The molecule has 0 atom stereocenters. The number of thiazole rings is 1. The fourth-order valence-corrected chi connectivity index (χ4v) is 3.10. The van der Waals surface area contributed by atoms with Gasteiger partial charge in [-0.05, 0) is 36.6 Å². The maximum atomic E-state index is 12.8. The topological polar surface area (TPSA) is 42.0 Å². The predicted molar refractivity (Wildman–Crippen MR) is 82.7 cm³/mol. The highest BCUT2D eigenvalue weighted by molar-refractivity contribution is 7.15. The third-order valence-electron chi connectivity index (χ3n) is 3.47. The summed E-state index contributed by atoms with van der Waals surface area (Å²) in [4.78, 5) is 16.5. The molecule has 122 valence electrons. The minimum Gasteiger partial charge on any atom is -0.302 e. The second kappa shape index (κ2) is 6.13. The largest absolute Gasteiger partial charge is 0.416 e. The molecule has 1 fully saturated rings.